The molecule has 224 valence electrons. The minimum Gasteiger partial charge on any atom is -0.467 e. The van der Waals surface area contributed by atoms with Gasteiger partial charge in [-0.05, 0) is 6.92 Å². The number of carbonyl (C=O) groups excluding carboxylic acids is 2. The number of esters is 2. The molecule has 0 aromatic rings. The van der Waals surface area contributed by atoms with Gasteiger partial charge in [0.2, 0.25) is 0 Å². The first kappa shape index (κ1) is 36.3. The first-order chi connectivity index (χ1) is 18.6. The van der Waals surface area contributed by atoms with Crippen LogP contribution in [0.25, 0.3) is 0 Å². The minimum absolute atomic E-state index is 0.0733. The van der Waals surface area contributed by atoms with Crippen molar-refractivity contribution in [2.75, 3.05) is 133 Å². The van der Waals surface area contributed by atoms with E-state index in [1.165, 1.54) is 7.11 Å². The predicted octanol–water partition coefficient (Wildman–Crippen LogP) is 0.428. The Bertz CT molecular complexity index is 559. The molecule has 0 atom stereocenters. The molecule has 38 heavy (non-hydrogen) atoms. The average molecular weight is 555 g/mol. The fraction of sp³-hybridized carbons (Fsp3) is 0.840. The molecule has 0 aromatic carbocycles. The van der Waals surface area contributed by atoms with Crippen molar-refractivity contribution in [3.63, 3.8) is 0 Å². The fourth-order valence-electron chi connectivity index (χ4n) is 2.29. The number of methoxy groups -OCH3 is 1. The molecule has 0 heterocycles. The molecule has 0 aromatic heterocycles. The molecule has 0 aliphatic heterocycles. The summed E-state index contributed by atoms with van der Waals surface area (Å²) in [5.41, 5.74) is 0.367. The van der Waals surface area contributed by atoms with Crippen molar-refractivity contribution >= 4 is 11.9 Å². The minimum atomic E-state index is -0.416. The molecular formula is C25H46O13. The lowest BCUT2D eigenvalue weighted by molar-refractivity contribution is -0.146. The molecule has 0 N–H and O–H groups in total. The van der Waals surface area contributed by atoms with Crippen molar-refractivity contribution in [2.24, 2.45) is 0 Å². The van der Waals surface area contributed by atoms with E-state index in [9.17, 15) is 9.59 Å². The molecule has 0 amide bonds. The van der Waals surface area contributed by atoms with Gasteiger partial charge in [0.25, 0.3) is 0 Å². The number of ether oxygens (including phenoxy) is 11. The summed E-state index contributed by atoms with van der Waals surface area (Å²) < 4.78 is 57.4. The summed E-state index contributed by atoms with van der Waals surface area (Å²) >= 11 is 0. The average Bonchev–Trinajstić information content (AvgIpc) is 2.91. The standard InChI is InChI=1S/C25H46O13/c1-23(2)25(27)38-21-20-36-17-16-34-13-12-32-9-8-30-5-4-29-6-7-31-10-11-33-14-15-35-18-19-37-22-24(26)28-3/h1,4-22H2,2-3H3. The summed E-state index contributed by atoms with van der Waals surface area (Å²) in [7, 11) is 1.31. The van der Waals surface area contributed by atoms with Gasteiger partial charge in [-0.15, -0.1) is 0 Å². The van der Waals surface area contributed by atoms with E-state index in [0.717, 1.165) is 0 Å². The van der Waals surface area contributed by atoms with E-state index in [1.807, 2.05) is 0 Å². The van der Waals surface area contributed by atoms with Crippen LogP contribution in [-0.2, 0) is 61.7 Å². The lowest BCUT2D eigenvalue weighted by atomic mass is 10.4. The van der Waals surface area contributed by atoms with Gasteiger partial charge >= 0.3 is 11.9 Å². The zero-order valence-electron chi connectivity index (χ0n) is 22.9. The Morgan fingerprint density at radius 3 is 1.00 bits per heavy atom. The van der Waals surface area contributed by atoms with Crippen molar-refractivity contribution in [2.45, 2.75) is 6.92 Å². The van der Waals surface area contributed by atoms with Crippen LogP contribution in [0.15, 0.2) is 12.2 Å². The molecule has 0 saturated heterocycles. The summed E-state index contributed by atoms with van der Waals surface area (Å²) in [5, 5.41) is 0. The zero-order chi connectivity index (χ0) is 27.9. The number of hydrogen-bond acceptors (Lipinski definition) is 13. The second-order valence-electron chi connectivity index (χ2n) is 7.44. The topological polar surface area (TPSA) is 136 Å². The molecule has 0 aliphatic carbocycles. The second kappa shape index (κ2) is 29.9. The highest BCUT2D eigenvalue weighted by atomic mass is 16.6. The van der Waals surface area contributed by atoms with E-state index in [2.05, 4.69) is 11.3 Å². The van der Waals surface area contributed by atoms with Gasteiger partial charge in [0.15, 0.2) is 0 Å². The number of rotatable bonds is 30. The van der Waals surface area contributed by atoms with Crippen LogP contribution in [-0.4, -0.2) is 145 Å². The van der Waals surface area contributed by atoms with Gasteiger partial charge in [0.05, 0.1) is 119 Å². The molecule has 0 fully saturated rings. The van der Waals surface area contributed by atoms with Crippen LogP contribution in [0.5, 0.6) is 0 Å². The maximum absolute atomic E-state index is 11.2. The van der Waals surface area contributed by atoms with E-state index in [0.29, 0.717) is 118 Å². The van der Waals surface area contributed by atoms with Gasteiger partial charge in [-0.25, -0.2) is 9.59 Å². The Labute approximate surface area is 225 Å². The molecule has 0 saturated carbocycles. The fourth-order valence-corrected chi connectivity index (χ4v) is 2.29. The lowest BCUT2D eigenvalue weighted by Gasteiger charge is -2.09. The first-order valence-corrected chi connectivity index (χ1v) is 12.7. The zero-order valence-corrected chi connectivity index (χ0v) is 22.9. The van der Waals surface area contributed by atoms with Crippen molar-refractivity contribution in [1.29, 1.82) is 0 Å². The highest BCUT2D eigenvalue weighted by molar-refractivity contribution is 5.86. The van der Waals surface area contributed by atoms with E-state index < -0.39 is 11.9 Å². The quantitative estimate of drug-likeness (QED) is 0.0690. The summed E-state index contributed by atoms with van der Waals surface area (Å²) in [6.45, 7) is 12.8. The highest BCUT2D eigenvalue weighted by Gasteiger charge is 2.02. The Morgan fingerprint density at radius 2 is 0.737 bits per heavy atom. The first-order valence-electron chi connectivity index (χ1n) is 12.7. The molecule has 0 spiro atoms. The highest BCUT2D eigenvalue weighted by Crippen LogP contribution is 1.92. The number of hydrogen-bond donors (Lipinski definition) is 0. The van der Waals surface area contributed by atoms with Gasteiger partial charge in [0, 0.05) is 5.57 Å². The SMILES string of the molecule is C=C(C)C(=O)OCCOCCOCCOCCOCCOCCOCCOCCOCCOCC(=O)OC. The molecule has 13 nitrogen and oxygen atoms in total. The maximum atomic E-state index is 11.2. The van der Waals surface area contributed by atoms with Gasteiger partial charge in [-0.2, -0.15) is 0 Å². The Morgan fingerprint density at radius 1 is 0.474 bits per heavy atom. The van der Waals surface area contributed by atoms with E-state index in [4.69, 9.17) is 47.4 Å². The van der Waals surface area contributed by atoms with E-state index >= 15 is 0 Å². The van der Waals surface area contributed by atoms with Crippen LogP contribution >= 0.6 is 0 Å². The van der Waals surface area contributed by atoms with Crippen LogP contribution in [0.3, 0.4) is 0 Å². The Hall–Kier alpha value is -1.68. The molecule has 0 rings (SSSR count). The van der Waals surface area contributed by atoms with Crippen LogP contribution < -0.4 is 0 Å². The van der Waals surface area contributed by atoms with Gasteiger partial charge < -0.3 is 52.1 Å². The Balaban J connectivity index is 3.08. The van der Waals surface area contributed by atoms with Crippen LogP contribution in [0, 0.1) is 0 Å². The van der Waals surface area contributed by atoms with Crippen molar-refractivity contribution < 1.29 is 61.7 Å². The molecule has 13 heteroatoms. The molecule has 0 bridgehead atoms. The summed E-state index contributed by atoms with van der Waals surface area (Å²) in [6, 6.07) is 0. The normalized spacial score (nSPS) is 11.0. The van der Waals surface area contributed by atoms with E-state index in [1.54, 1.807) is 6.92 Å². The van der Waals surface area contributed by atoms with Gasteiger partial charge in [-0.1, -0.05) is 6.58 Å². The molecule has 0 aliphatic rings. The van der Waals surface area contributed by atoms with Gasteiger partial charge in [0.1, 0.15) is 13.2 Å². The van der Waals surface area contributed by atoms with Gasteiger partial charge in [-0.3, -0.25) is 0 Å². The molecule has 0 unspecified atom stereocenters. The third kappa shape index (κ3) is 28.9. The maximum Gasteiger partial charge on any atom is 0.333 e. The van der Waals surface area contributed by atoms with E-state index in [-0.39, 0.29) is 13.2 Å². The van der Waals surface area contributed by atoms with Crippen molar-refractivity contribution in [3.05, 3.63) is 12.2 Å². The second-order valence-corrected chi connectivity index (χ2v) is 7.44. The largest absolute Gasteiger partial charge is 0.467 e. The summed E-state index contributed by atoms with van der Waals surface area (Å²) in [6.07, 6.45) is 0. The third-order valence-corrected chi connectivity index (χ3v) is 4.23. The van der Waals surface area contributed by atoms with Crippen LogP contribution in [0.1, 0.15) is 6.92 Å². The third-order valence-electron chi connectivity index (χ3n) is 4.23. The molecular weight excluding hydrogens is 508 g/mol. The summed E-state index contributed by atoms with van der Waals surface area (Å²) in [4.78, 5) is 22.0. The predicted molar refractivity (Wildman–Crippen MR) is 135 cm³/mol. The van der Waals surface area contributed by atoms with Crippen molar-refractivity contribution in [1.82, 2.24) is 0 Å². The number of carbonyl (C=O) groups is 2. The smallest absolute Gasteiger partial charge is 0.333 e. The van der Waals surface area contributed by atoms with Crippen molar-refractivity contribution in [3.8, 4) is 0 Å². The van der Waals surface area contributed by atoms with Crippen LogP contribution in [0.4, 0.5) is 0 Å². The van der Waals surface area contributed by atoms with Crippen LogP contribution in [0.2, 0.25) is 0 Å². The Kier molecular flexibility index (Phi) is 28.5. The summed E-state index contributed by atoms with van der Waals surface area (Å²) in [5.74, 6) is -0.827. The molecule has 0 radical (unpaired) electrons. The monoisotopic (exact) mass is 554 g/mol. The lowest BCUT2D eigenvalue weighted by Crippen LogP contribution is -2.16.